The molecule has 7 heteroatoms. The number of halogens is 3. The number of benzene rings is 1. The van der Waals surface area contributed by atoms with Gasteiger partial charge in [-0.25, -0.2) is 10.1 Å². The maximum Gasteiger partial charge on any atom is 0.457 e. The van der Waals surface area contributed by atoms with Gasteiger partial charge in [0.15, 0.2) is 0 Å². The van der Waals surface area contributed by atoms with Gasteiger partial charge in [-0.2, -0.15) is 13.2 Å². The number of amides is 1. The number of likely N-dealkylation sites (tertiary alicyclic amines) is 1. The summed E-state index contributed by atoms with van der Waals surface area (Å²) in [6.45, 7) is 0.806. The zero-order chi connectivity index (χ0) is 16.0. The van der Waals surface area contributed by atoms with Crippen LogP contribution in [0.25, 0.3) is 0 Å². The van der Waals surface area contributed by atoms with Crippen LogP contribution in [-0.4, -0.2) is 36.9 Å². The Morgan fingerprint density at radius 2 is 2.05 bits per heavy atom. The normalized spacial score (nSPS) is 19.0. The minimum atomic E-state index is -4.38. The van der Waals surface area contributed by atoms with E-state index in [9.17, 15) is 18.0 Å². The monoisotopic (exact) mass is 316 g/mol. The molecule has 1 aromatic rings. The quantitative estimate of drug-likeness (QED) is 0.868. The molecule has 1 aliphatic rings. The van der Waals surface area contributed by atoms with Gasteiger partial charge >= 0.3 is 12.4 Å². The molecule has 0 aliphatic carbocycles. The Hall–Kier alpha value is -1.76. The molecule has 1 aromatic carbocycles. The number of carbonyl (C=O) groups excluding carboxylic acids is 1. The van der Waals surface area contributed by atoms with E-state index in [2.05, 4.69) is 0 Å². The predicted molar refractivity (Wildman–Crippen MR) is 75.0 cm³/mol. The molecule has 4 nitrogen and oxygen atoms in total. The Kier molecular flexibility index (Phi) is 5.65. The minimum absolute atomic E-state index is 0.168. The van der Waals surface area contributed by atoms with Gasteiger partial charge in [0.05, 0.1) is 0 Å². The number of carbonyl (C=O) groups is 1. The standard InChI is InChI=1S/C15H19F3N2O2/c16-15(17,18)19-9-13-7-4-8-20(10-13)14(21)22-11-12-5-2-1-3-6-12/h1-3,5-6,13,19H,4,7-11H2. The summed E-state index contributed by atoms with van der Waals surface area (Å²) in [6.07, 6.45) is -3.49. The molecule has 0 spiro atoms. The average Bonchev–Trinajstić information content (AvgIpc) is 2.51. The number of rotatable bonds is 4. The van der Waals surface area contributed by atoms with Gasteiger partial charge < -0.3 is 9.64 Å². The van der Waals surface area contributed by atoms with Crippen molar-refractivity contribution in [2.45, 2.75) is 25.7 Å². The molecule has 1 saturated heterocycles. The third kappa shape index (κ3) is 5.55. The summed E-state index contributed by atoms with van der Waals surface area (Å²) in [5.74, 6) is -0.209. The maximum absolute atomic E-state index is 12.2. The lowest BCUT2D eigenvalue weighted by Gasteiger charge is -2.32. The highest BCUT2D eigenvalue weighted by Gasteiger charge is 2.30. The number of nitrogens with zero attached hydrogens (tertiary/aromatic N) is 1. The van der Waals surface area contributed by atoms with Crippen LogP contribution in [0.5, 0.6) is 0 Å². The molecule has 0 radical (unpaired) electrons. The van der Waals surface area contributed by atoms with E-state index in [1.807, 2.05) is 30.3 Å². The zero-order valence-electron chi connectivity index (χ0n) is 12.1. The van der Waals surface area contributed by atoms with Crippen molar-refractivity contribution in [1.82, 2.24) is 10.2 Å². The van der Waals surface area contributed by atoms with Crippen molar-refractivity contribution in [3.63, 3.8) is 0 Å². The first-order valence-electron chi connectivity index (χ1n) is 7.21. The van der Waals surface area contributed by atoms with E-state index in [-0.39, 0.29) is 25.6 Å². The zero-order valence-corrected chi connectivity index (χ0v) is 12.1. The van der Waals surface area contributed by atoms with Crippen LogP contribution < -0.4 is 5.32 Å². The van der Waals surface area contributed by atoms with Gasteiger partial charge in [0.1, 0.15) is 6.61 Å². The van der Waals surface area contributed by atoms with Crippen molar-refractivity contribution >= 4 is 6.09 Å². The highest BCUT2D eigenvalue weighted by atomic mass is 19.4. The number of nitrogens with one attached hydrogen (secondary N) is 1. The lowest BCUT2D eigenvalue weighted by Crippen LogP contribution is -2.45. The van der Waals surface area contributed by atoms with Gasteiger partial charge in [0.25, 0.3) is 0 Å². The van der Waals surface area contributed by atoms with Crippen molar-refractivity contribution in [2.24, 2.45) is 5.92 Å². The summed E-state index contributed by atoms with van der Waals surface area (Å²) >= 11 is 0. The molecule has 1 unspecified atom stereocenters. The van der Waals surface area contributed by atoms with E-state index in [4.69, 9.17) is 4.74 Å². The number of alkyl halides is 3. The summed E-state index contributed by atoms with van der Waals surface area (Å²) < 4.78 is 41.7. The second kappa shape index (κ2) is 7.49. The first-order valence-corrected chi connectivity index (χ1v) is 7.21. The van der Waals surface area contributed by atoms with E-state index in [0.29, 0.717) is 19.4 Å². The van der Waals surface area contributed by atoms with Crippen LogP contribution in [0.4, 0.5) is 18.0 Å². The molecule has 1 aliphatic heterocycles. The smallest absolute Gasteiger partial charge is 0.445 e. The Morgan fingerprint density at radius 1 is 1.32 bits per heavy atom. The van der Waals surface area contributed by atoms with Crippen molar-refractivity contribution in [2.75, 3.05) is 19.6 Å². The van der Waals surface area contributed by atoms with E-state index in [1.165, 1.54) is 10.2 Å². The molecule has 1 N–H and O–H groups in total. The molecular formula is C15H19F3N2O2. The molecule has 1 amide bonds. The lowest BCUT2D eigenvalue weighted by atomic mass is 9.98. The van der Waals surface area contributed by atoms with Gasteiger partial charge in [0.2, 0.25) is 0 Å². The molecular weight excluding hydrogens is 297 g/mol. The largest absolute Gasteiger partial charge is 0.457 e. The summed E-state index contributed by atoms with van der Waals surface area (Å²) in [4.78, 5) is 13.5. The van der Waals surface area contributed by atoms with E-state index in [1.54, 1.807) is 0 Å². The number of hydrogen-bond acceptors (Lipinski definition) is 3. The van der Waals surface area contributed by atoms with E-state index < -0.39 is 12.4 Å². The van der Waals surface area contributed by atoms with Gasteiger partial charge in [0, 0.05) is 19.6 Å². The van der Waals surface area contributed by atoms with Crippen LogP contribution in [0.1, 0.15) is 18.4 Å². The summed E-state index contributed by atoms with van der Waals surface area (Å²) in [5, 5.41) is 1.53. The van der Waals surface area contributed by atoms with Crippen molar-refractivity contribution < 1.29 is 22.7 Å². The fourth-order valence-corrected chi connectivity index (χ4v) is 2.47. The molecule has 1 fully saturated rings. The fraction of sp³-hybridized carbons (Fsp3) is 0.533. The maximum atomic E-state index is 12.2. The Labute approximate surface area is 127 Å². The highest BCUT2D eigenvalue weighted by molar-refractivity contribution is 5.67. The van der Waals surface area contributed by atoms with Crippen LogP contribution in [0.3, 0.4) is 0 Å². The van der Waals surface area contributed by atoms with Crippen molar-refractivity contribution in [1.29, 1.82) is 0 Å². The van der Waals surface area contributed by atoms with Crippen molar-refractivity contribution in [3.05, 3.63) is 35.9 Å². The lowest BCUT2D eigenvalue weighted by molar-refractivity contribution is -0.159. The average molecular weight is 316 g/mol. The molecule has 122 valence electrons. The summed E-state index contributed by atoms with van der Waals surface area (Å²) in [5.41, 5.74) is 0.878. The number of piperidine rings is 1. The summed E-state index contributed by atoms with van der Waals surface area (Å²) in [6, 6.07) is 9.26. The molecule has 0 saturated carbocycles. The molecule has 1 heterocycles. The third-order valence-corrected chi connectivity index (χ3v) is 3.57. The first kappa shape index (κ1) is 16.6. The van der Waals surface area contributed by atoms with Gasteiger partial charge in [-0.1, -0.05) is 30.3 Å². The van der Waals surface area contributed by atoms with Gasteiger partial charge in [-0.15, -0.1) is 0 Å². The molecule has 0 aromatic heterocycles. The Balaban J connectivity index is 1.77. The van der Waals surface area contributed by atoms with Crippen LogP contribution in [0.15, 0.2) is 30.3 Å². The molecule has 0 bridgehead atoms. The molecule has 22 heavy (non-hydrogen) atoms. The topological polar surface area (TPSA) is 41.6 Å². The summed E-state index contributed by atoms with van der Waals surface area (Å²) in [7, 11) is 0. The second-order valence-corrected chi connectivity index (χ2v) is 5.37. The first-order chi connectivity index (χ1) is 10.4. The minimum Gasteiger partial charge on any atom is -0.445 e. The Morgan fingerprint density at radius 3 is 2.73 bits per heavy atom. The predicted octanol–water partition coefficient (Wildman–Crippen LogP) is 3.14. The van der Waals surface area contributed by atoms with Gasteiger partial charge in [-0.3, -0.25) is 0 Å². The third-order valence-electron chi connectivity index (χ3n) is 3.57. The number of ether oxygens (including phenoxy) is 1. The molecule has 1 atom stereocenters. The SMILES string of the molecule is O=C(OCc1ccccc1)N1CCCC(CNC(F)(F)F)C1. The Bertz CT molecular complexity index is 479. The highest BCUT2D eigenvalue weighted by Crippen LogP contribution is 2.19. The van der Waals surface area contributed by atoms with E-state index >= 15 is 0 Å². The van der Waals surface area contributed by atoms with Crippen LogP contribution in [0.2, 0.25) is 0 Å². The fourth-order valence-electron chi connectivity index (χ4n) is 2.47. The van der Waals surface area contributed by atoms with Crippen LogP contribution >= 0.6 is 0 Å². The second-order valence-electron chi connectivity index (χ2n) is 5.37. The van der Waals surface area contributed by atoms with E-state index in [0.717, 1.165) is 5.56 Å². The van der Waals surface area contributed by atoms with Gasteiger partial charge in [-0.05, 0) is 24.3 Å². The number of hydrogen-bond donors (Lipinski definition) is 1. The molecule has 2 rings (SSSR count). The van der Waals surface area contributed by atoms with Crippen molar-refractivity contribution in [3.8, 4) is 0 Å². The van der Waals surface area contributed by atoms with Crippen LogP contribution in [0, 0.1) is 5.92 Å². The van der Waals surface area contributed by atoms with Crippen LogP contribution in [-0.2, 0) is 11.3 Å².